The van der Waals surface area contributed by atoms with E-state index in [1.54, 1.807) is 25.1 Å². The minimum Gasteiger partial charge on any atom is -0.468 e. The molecule has 0 aliphatic heterocycles. The van der Waals surface area contributed by atoms with E-state index >= 15 is 0 Å². The smallest absolute Gasteiger partial charge is 0.250 e. The molecular weight excluding hydrogens is 308 g/mol. The summed E-state index contributed by atoms with van der Waals surface area (Å²) in [4.78, 5) is 1.04. The van der Waals surface area contributed by atoms with E-state index in [-0.39, 0.29) is 0 Å². The predicted octanol–water partition coefficient (Wildman–Crippen LogP) is 2.80. The topological polar surface area (TPSA) is 71.3 Å². The van der Waals surface area contributed by atoms with Crippen molar-refractivity contribution >= 4 is 21.4 Å². The standard InChI is InChI=1S/C14H20N2O3S2/c1-4-15-9-13-10(2)8-14(20-13)21(17,18)16-11(3)12-6-5-7-19-12/h5-8,11,15-16H,4,9H2,1-3H3. The molecule has 1 unspecified atom stereocenters. The minimum atomic E-state index is -3.53. The number of sulfonamides is 1. The summed E-state index contributed by atoms with van der Waals surface area (Å²) >= 11 is 1.30. The number of hydrogen-bond donors (Lipinski definition) is 2. The first-order chi connectivity index (χ1) is 9.94. The molecular formula is C14H20N2O3S2. The first kappa shape index (κ1) is 16.2. The minimum absolute atomic E-state index is 0.339. The number of furan rings is 1. The summed E-state index contributed by atoms with van der Waals surface area (Å²) in [6.45, 7) is 7.26. The van der Waals surface area contributed by atoms with Crippen LogP contribution in [0.2, 0.25) is 0 Å². The molecule has 2 aromatic rings. The van der Waals surface area contributed by atoms with Gasteiger partial charge in [0.25, 0.3) is 10.0 Å². The van der Waals surface area contributed by atoms with Crippen LogP contribution in [-0.2, 0) is 16.6 Å². The molecule has 116 valence electrons. The van der Waals surface area contributed by atoms with Gasteiger partial charge in [0.1, 0.15) is 9.97 Å². The fraction of sp³-hybridized carbons (Fsp3) is 0.429. The SMILES string of the molecule is CCNCc1sc(S(=O)(=O)NC(C)c2ccco2)cc1C. The fourth-order valence-corrected chi connectivity index (χ4v) is 4.71. The molecule has 2 rings (SSSR count). The van der Waals surface area contributed by atoms with Gasteiger partial charge in [0, 0.05) is 11.4 Å². The summed E-state index contributed by atoms with van der Waals surface area (Å²) in [6.07, 6.45) is 1.53. The van der Waals surface area contributed by atoms with E-state index in [1.807, 2.05) is 13.8 Å². The maximum atomic E-state index is 12.4. The van der Waals surface area contributed by atoms with Crippen LogP contribution < -0.4 is 10.0 Å². The fourth-order valence-electron chi connectivity index (χ4n) is 1.92. The lowest BCUT2D eigenvalue weighted by molar-refractivity contribution is 0.459. The van der Waals surface area contributed by atoms with E-state index in [4.69, 9.17) is 4.42 Å². The van der Waals surface area contributed by atoms with Gasteiger partial charge in [-0.3, -0.25) is 0 Å². The third kappa shape index (κ3) is 3.94. The van der Waals surface area contributed by atoms with E-state index in [1.165, 1.54) is 17.6 Å². The number of hydrogen-bond acceptors (Lipinski definition) is 5. The Bertz CT molecular complexity index is 675. The Labute approximate surface area is 129 Å². The van der Waals surface area contributed by atoms with Crippen LogP contribution in [-0.4, -0.2) is 15.0 Å². The number of aryl methyl sites for hydroxylation is 1. The highest BCUT2D eigenvalue weighted by atomic mass is 32.2. The Balaban J connectivity index is 2.16. The van der Waals surface area contributed by atoms with Gasteiger partial charge in [0.2, 0.25) is 0 Å². The maximum Gasteiger partial charge on any atom is 0.250 e. The van der Waals surface area contributed by atoms with Crippen molar-refractivity contribution in [2.45, 2.75) is 37.6 Å². The molecule has 7 heteroatoms. The molecule has 0 amide bonds. The first-order valence-corrected chi connectivity index (χ1v) is 9.09. The van der Waals surface area contributed by atoms with Crippen LogP contribution in [0.1, 0.15) is 36.1 Å². The highest BCUT2D eigenvalue weighted by molar-refractivity contribution is 7.91. The van der Waals surface area contributed by atoms with Crippen molar-refractivity contribution < 1.29 is 12.8 Å². The molecule has 0 radical (unpaired) electrons. The van der Waals surface area contributed by atoms with Crippen LogP contribution >= 0.6 is 11.3 Å². The zero-order valence-corrected chi connectivity index (χ0v) is 14.0. The highest BCUT2D eigenvalue weighted by Crippen LogP contribution is 2.27. The number of nitrogens with one attached hydrogen (secondary N) is 2. The van der Waals surface area contributed by atoms with Gasteiger partial charge in [0.15, 0.2) is 0 Å². The van der Waals surface area contributed by atoms with Crippen LogP contribution in [0.25, 0.3) is 0 Å². The van der Waals surface area contributed by atoms with Crippen molar-refractivity contribution in [1.29, 1.82) is 0 Å². The lowest BCUT2D eigenvalue weighted by Crippen LogP contribution is -2.25. The Kier molecular flexibility index (Phi) is 5.21. The highest BCUT2D eigenvalue weighted by Gasteiger charge is 2.22. The molecule has 2 heterocycles. The van der Waals surface area contributed by atoms with E-state index < -0.39 is 16.1 Å². The third-order valence-electron chi connectivity index (χ3n) is 3.10. The Hall–Kier alpha value is -1.15. The van der Waals surface area contributed by atoms with Crippen LogP contribution in [0.15, 0.2) is 33.1 Å². The quantitative estimate of drug-likeness (QED) is 0.820. The second-order valence-electron chi connectivity index (χ2n) is 4.81. The molecule has 2 N–H and O–H groups in total. The van der Waals surface area contributed by atoms with E-state index in [0.29, 0.717) is 16.5 Å². The summed E-state index contributed by atoms with van der Waals surface area (Å²) in [5, 5.41) is 3.21. The van der Waals surface area contributed by atoms with Crippen molar-refractivity contribution in [2.24, 2.45) is 0 Å². The Morgan fingerprint density at radius 2 is 2.19 bits per heavy atom. The lowest BCUT2D eigenvalue weighted by atomic mass is 10.3. The van der Waals surface area contributed by atoms with Crippen molar-refractivity contribution in [3.8, 4) is 0 Å². The largest absolute Gasteiger partial charge is 0.468 e. The molecule has 0 saturated carbocycles. The zero-order chi connectivity index (χ0) is 15.5. The molecule has 0 aromatic carbocycles. The van der Waals surface area contributed by atoms with Gasteiger partial charge >= 0.3 is 0 Å². The third-order valence-corrected chi connectivity index (χ3v) is 6.35. The van der Waals surface area contributed by atoms with Crippen molar-refractivity contribution in [3.63, 3.8) is 0 Å². The molecule has 1 atom stereocenters. The van der Waals surface area contributed by atoms with Gasteiger partial charge in [0.05, 0.1) is 12.3 Å². The van der Waals surface area contributed by atoms with E-state index in [2.05, 4.69) is 10.0 Å². The summed E-state index contributed by atoms with van der Waals surface area (Å²) in [5.41, 5.74) is 0.993. The van der Waals surface area contributed by atoms with E-state index in [0.717, 1.165) is 17.0 Å². The maximum absolute atomic E-state index is 12.4. The molecule has 0 spiro atoms. The number of rotatable bonds is 7. The van der Waals surface area contributed by atoms with Crippen LogP contribution in [0, 0.1) is 6.92 Å². The van der Waals surface area contributed by atoms with Crippen molar-refractivity contribution in [2.75, 3.05) is 6.54 Å². The molecule has 0 saturated heterocycles. The summed E-state index contributed by atoms with van der Waals surface area (Å²) in [6, 6.07) is 4.81. The van der Waals surface area contributed by atoms with Crippen LogP contribution in [0.3, 0.4) is 0 Å². The van der Waals surface area contributed by atoms with Crippen LogP contribution in [0.5, 0.6) is 0 Å². The van der Waals surface area contributed by atoms with Crippen molar-refractivity contribution in [1.82, 2.24) is 10.0 Å². The summed E-state index contributed by atoms with van der Waals surface area (Å²) in [7, 11) is -3.53. The van der Waals surface area contributed by atoms with Gasteiger partial charge in [-0.15, -0.1) is 11.3 Å². The molecule has 0 aliphatic carbocycles. The van der Waals surface area contributed by atoms with Gasteiger partial charge in [-0.25, -0.2) is 13.1 Å². The zero-order valence-electron chi connectivity index (χ0n) is 12.3. The summed E-state index contributed by atoms with van der Waals surface area (Å²) in [5.74, 6) is 0.597. The van der Waals surface area contributed by atoms with Gasteiger partial charge in [-0.1, -0.05) is 6.92 Å². The second kappa shape index (κ2) is 6.74. The lowest BCUT2D eigenvalue weighted by Gasteiger charge is -2.10. The molecule has 21 heavy (non-hydrogen) atoms. The monoisotopic (exact) mass is 328 g/mol. The predicted molar refractivity (Wildman–Crippen MR) is 83.9 cm³/mol. The van der Waals surface area contributed by atoms with Gasteiger partial charge in [-0.2, -0.15) is 0 Å². The Morgan fingerprint density at radius 1 is 1.43 bits per heavy atom. The van der Waals surface area contributed by atoms with Crippen LogP contribution in [0.4, 0.5) is 0 Å². The molecule has 2 aromatic heterocycles. The molecule has 0 fully saturated rings. The molecule has 5 nitrogen and oxygen atoms in total. The van der Waals surface area contributed by atoms with E-state index in [9.17, 15) is 8.42 Å². The second-order valence-corrected chi connectivity index (χ2v) is 7.89. The average molecular weight is 328 g/mol. The first-order valence-electron chi connectivity index (χ1n) is 6.79. The van der Waals surface area contributed by atoms with Gasteiger partial charge in [-0.05, 0) is 44.2 Å². The van der Waals surface area contributed by atoms with Crippen molar-refractivity contribution in [3.05, 3.63) is 40.7 Å². The number of thiophene rings is 1. The normalized spacial score (nSPS) is 13.5. The van der Waals surface area contributed by atoms with Gasteiger partial charge < -0.3 is 9.73 Å². The summed E-state index contributed by atoms with van der Waals surface area (Å²) < 4.78 is 33.0. The molecule has 0 aliphatic rings. The Morgan fingerprint density at radius 3 is 2.81 bits per heavy atom. The average Bonchev–Trinajstić information content (AvgIpc) is 3.05. The molecule has 0 bridgehead atoms.